The molecule has 1 aliphatic rings. The van der Waals surface area contributed by atoms with Crippen LogP contribution in [-0.4, -0.2) is 40.2 Å². The molecule has 2 rings (SSSR count). The van der Waals surface area contributed by atoms with Gasteiger partial charge in [0.05, 0.1) is 19.0 Å². The summed E-state index contributed by atoms with van der Waals surface area (Å²) in [5.41, 5.74) is 0. The Kier molecular flexibility index (Phi) is 3.41. The van der Waals surface area contributed by atoms with Crippen molar-refractivity contribution in [1.82, 2.24) is 9.97 Å². The molecule has 0 bridgehead atoms. The van der Waals surface area contributed by atoms with Gasteiger partial charge in [-0.15, -0.1) is 0 Å². The second-order valence-electron chi connectivity index (χ2n) is 3.84. The van der Waals surface area contributed by atoms with Gasteiger partial charge in [-0.05, 0) is 19.8 Å². The fraction of sp³-hybridized carbons (Fsp3) is 0.545. The molecule has 17 heavy (non-hydrogen) atoms. The molecule has 1 saturated heterocycles. The van der Waals surface area contributed by atoms with Gasteiger partial charge >= 0.3 is 5.97 Å². The fourth-order valence-corrected chi connectivity index (χ4v) is 1.99. The molecular weight excluding hydrogens is 222 g/mol. The average molecular weight is 237 g/mol. The Labute approximate surface area is 99.2 Å². The number of carboxylic acids is 1. The second-order valence-corrected chi connectivity index (χ2v) is 3.84. The lowest BCUT2D eigenvalue weighted by Gasteiger charge is -2.22. The Morgan fingerprint density at radius 1 is 1.65 bits per heavy atom. The number of carbonyl (C=O) groups is 1. The zero-order valence-corrected chi connectivity index (χ0v) is 9.67. The maximum Gasteiger partial charge on any atom is 0.326 e. The highest BCUT2D eigenvalue weighted by Gasteiger charge is 2.31. The molecule has 0 radical (unpaired) electrons. The molecule has 6 heteroatoms. The Bertz CT molecular complexity index is 411. The van der Waals surface area contributed by atoms with E-state index in [2.05, 4.69) is 9.97 Å². The van der Waals surface area contributed by atoms with Gasteiger partial charge in [0.2, 0.25) is 5.88 Å². The SMILES string of the molecule is CCOc1cncc(N2CCCC2C(=O)O)n1. The topological polar surface area (TPSA) is 75.5 Å². The number of rotatable bonds is 4. The van der Waals surface area contributed by atoms with Crippen LogP contribution < -0.4 is 9.64 Å². The molecule has 6 nitrogen and oxygen atoms in total. The van der Waals surface area contributed by atoms with Crippen molar-refractivity contribution in [2.24, 2.45) is 0 Å². The number of hydrogen-bond acceptors (Lipinski definition) is 5. The summed E-state index contributed by atoms with van der Waals surface area (Å²) >= 11 is 0. The van der Waals surface area contributed by atoms with Crippen LogP contribution in [-0.2, 0) is 4.79 Å². The summed E-state index contributed by atoms with van der Waals surface area (Å²) in [7, 11) is 0. The first-order valence-electron chi connectivity index (χ1n) is 5.66. The fourth-order valence-electron chi connectivity index (χ4n) is 1.99. The quantitative estimate of drug-likeness (QED) is 0.839. The van der Waals surface area contributed by atoms with Crippen LogP contribution in [0.1, 0.15) is 19.8 Å². The van der Waals surface area contributed by atoms with E-state index in [4.69, 9.17) is 9.84 Å². The molecule has 1 aliphatic heterocycles. The molecule has 0 spiro atoms. The van der Waals surface area contributed by atoms with Gasteiger partial charge in [-0.2, -0.15) is 4.98 Å². The van der Waals surface area contributed by atoms with Crippen LogP contribution in [0.2, 0.25) is 0 Å². The van der Waals surface area contributed by atoms with Crippen LogP contribution in [0, 0.1) is 0 Å². The van der Waals surface area contributed by atoms with Crippen molar-refractivity contribution in [3.8, 4) is 5.88 Å². The maximum atomic E-state index is 11.1. The van der Waals surface area contributed by atoms with Gasteiger partial charge in [0, 0.05) is 6.54 Å². The van der Waals surface area contributed by atoms with E-state index in [0.717, 1.165) is 6.42 Å². The van der Waals surface area contributed by atoms with E-state index in [1.807, 2.05) is 6.92 Å². The molecule has 0 aliphatic carbocycles. The van der Waals surface area contributed by atoms with Crippen LogP contribution in [0.5, 0.6) is 5.88 Å². The van der Waals surface area contributed by atoms with E-state index in [1.165, 1.54) is 6.20 Å². The zero-order chi connectivity index (χ0) is 12.3. The molecule has 1 atom stereocenters. The second kappa shape index (κ2) is 4.99. The van der Waals surface area contributed by atoms with Gasteiger partial charge in [-0.25, -0.2) is 4.79 Å². The van der Waals surface area contributed by atoms with Crippen LogP contribution >= 0.6 is 0 Å². The lowest BCUT2D eigenvalue weighted by molar-refractivity contribution is -0.138. The lowest BCUT2D eigenvalue weighted by atomic mass is 10.2. The lowest BCUT2D eigenvalue weighted by Crippen LogP contribution is -2.36. The molecule has 1 unspecified atom stereocenters. The molecular formula is C11H15N3O3. The number of aromatic nitrogens is 2. The number of nitrogens with zero attached hydrogens (tertiary/aromatic N) is 3. The predicted octanol–water partition coefficient (Wildman–Crippen LogP) is 0.929. The third kappa shape index (κ3) is 2.46. The van der Waals surface area contributed by atoms with Crippen molar-refractivity contribution >= 4 is 11.8 Å². The Hall–Kier alpha value is -1.85. The molecule has 92 valence electrons. The van der Waals surface area contributed by atoms with Gasteiger partial charge in [0.1, 0.15) is 6.04 Å². The Balaban J connectivity index is 2.21. The third-order valence-electron chi connectivity index (χ3n) is 2.72. The van der Waals surface area contributed by atoms with Crippen molar-refractivity contribution in [2.75, 3.05) is 18.1 Å². The average Bonchev–Trinajstić information content (AvgIpc) is 2.79. The normalized spacial score (nSPS) is 19.4. The van der Waals surface area contributed by atoms with Crippen molar-refractivity contribution in [2.45, 2.75) is 25.8 Å². The van der Waals surface area contributed by atoms with Crippen molar-refractivity contribution in [1.29, 1.82) is 0 Å². The van der Waals surface area contributed by atoms with Gasteiger partial charge in [0.25, 0.3) is 0 Å². The molecule has 0 saturated carbocycles. The summed E-state index contributed by atoms with van der Waals surface area (Å²) in [6.07, 6.45) is 4.61. The molecule has 1 aromatic rings. The van der Waals surface area contributed by atoms with Crippen LogP contribution in [0.4, 0.5) is 5.82 Å². The van der Waals surface area contributed by atoms with Crippen molar-refractivity contribution in [3.05, 3.63) is 12.4 Å². The van der Waals surface area contributed by atoms with Gasteiger partial charge in [-0.3, -0.25) is 4.98 Å². The Morgan fingerprint density at radius 2 is 2.47 bits per heavy atom. The zero-order valence-electron chi connectivity index (χ0n) is 9.67. The van der Waals surface area contributed by atoms with Crippen molar-refractivity contribution < 1.29 is 14.6 Å². The summed E-state index contributed by atoms with van der Waals surface area (Å²) in [5, 5.41) is 9.10. The van der Waals surface area contributed by atoms with Crippen molar-refractivity contribution in [3.63, 3.8) is 0 Å². The minimum Gasteiger partial charge on any atom is -0.480 e. The first kappa shape index (κ1) is 11.6. The summed E-state index contributed by atoms with van der Waals surface area (Å²) in [5.74, 6) is 0.188. The van der Waals surface area contributed by atoms with Crippen LogP contribution in [0.15, 0.2) is 12.4 Å². The number of anilines is 1. The maximum absolute atomic E-state index is 11.1. The number of carboxylic acid groups (broad SMARTS) is 1. The summed E-state index contributed by atoms with van der Waals surface area (Å²) in [6.45, 7) is 3.08. The van der Waals surface area contributed by atoms with E-state index in [1.54, 1.807) is 11.1 Å². The summed E-state index contributed by atoms with van der Waals surface area (Å²) in [4.78, 5) is 21.1. The van der Waals surface area contributed by atoms with Gasteiger partial charge < -0.3 is 14.7 Å². The highest BCUT2D eigenvalue weighted by molar-refractivity contribution is 5.78. The van der Waals surface area contributed by atoms with E-state index >= 15 is 0 Å². The highest BCUT2D eigenvalue weighted by Crippen LogP contribution is 2.24. The number of hydrogen-bond donors (Lipinski definition) is 1. The molecule has 1 aromatic heterocycles. The predicted molar refractivity (Wildman–Crippen MR) is 61.2 cm³/mol. The minimum absolute atomic E-state index is 0.432. The van der Waals surface area contributed by atoms with E-state index in [-0.39, 0.29) is 0 Å². The summed E-state index contributed by atoms with van der Waals surface area (Å²) in [6, 6.07) is -0.499. The number of ether oxygens (including phenoxy) is 1. The monoisotopic (exact) mass is 237 g/mol. The largest absolute Gasteiger partial charge is 0.480 e. The van der Waals surface area contributed by atoms with Crippen LogP contribution in [0.3, 0.4) is 0 Å². The van der Waals surface area contributed by atoms with E-state index in [0.29, 0.717) is 31.3 Å². The molecule has 1 N–H and O–H groups in total. The first-order valence-corrected chi connectivity index (χ1v) is 5.66. The van der Waals surface area contributed by atoms with Gasteiger partial charge in [-0.1, -0.05) is 0 Å². The standard InChI is InChI=1S/C11H15N3O3/c1-2-17-10-7-12-6-9(13-10)14-5-3-4-8(14)11(15)16/h6-8H,2-5H2,1H3,(H,15,16). The molecule has 1 fully saturated rings. The summed E-state index contributed by atoms with van der Waals surface area (Å²) < 4.78 is 5.25. The third-order valence-corrected chi connectivity index (χ3v) is 2.72. The Morgan fingerprint density at radius 3 is 3.18 bits per heavy atom. The van der Waals surface area contributed by atoms with Crippen LogP contribution in [0.25, 0.3) is 0 Å². The first-order chi connectivity index (χ1) is 8.22. The van der Waals surface area contributed by atoms with Gasteiger partial charge in [0.15, 0.2) is 5.82 Å². The highest BCUT2D eigenvalue weighted by atomic mass is 16.5. The minimum atomic E-state index is -0.814. The van der Waals surface area contributed by atoms with E-state index in [9.17, 15) is 4.79 Å². The smallest absolute Gasteiger partial charge is 0.326 e. The molecule has 2 heterocycles. The molecule has 0 aromatic carbocycles. The molecule has 0 amide bonds. The number of aliphatic carboxylic acids is 1. The van der Waals surface area contributed by atoms with E-state index < -0.39 is 12.0 Å².